The van der Waals surface area contributed by atoms with Gasteiger partial charge in [0.25, 0.3) is 0 Å². The van der Waals surface area contributed by atoms with Crippen molar-refractivity contribution in [1.82, 2.24) is 15.6 Å². The van der Waals surface area contributed by atoms with Crippen molar-refractivity contribution in [1.29, 1.82) is 0 Å². The second-order valence-electron chi connectivity index (χ2n) is 7.25. The minimum Gasteiger partial charge on any atom is -0.497 e. The van der Waals surface area contributed by atoms with Crippen molar-refractivity contribution in [2.45, 2.75) is 51.5 Å². The molecule has 1 saturated carbocycles. The molecule has 27 heavy (non-hydrogen) atoms. The third kappa shape index (κ3) is 4.61. The zero-order chi connectivity index (χ0) is 19.3. The van der Waals surface area contributed by atoms with Gasteiger partial charge in [0, 0.05) is 23.9 Å². The van der Waals surface area contributed by atoms with Crippen LogP contribution in [0.15, 0.2) is 29.3 Å². The zero-order valence-corrected chi connectivity index (χ0v) is 17.6. The number of thiazole rings is 1. The first-order valence-corrected chi connectivity index (χ1v) is 10.4. The van der Waals surface area contributed by atoms with Crippen molar-refractivity contribution in [3.05, 3.63) is 45.4 Å². The number of hydrogen-bond acceptors (Lipinski definition) is 4. The lowest BCUT2D eigenvalue weighted by Crippen LogP contribution is -2.44. The van der Waals surface area contributed by atoms with Gasteiger partial charge < -0.3 is 15.4 Å². The fourth-order valence-electron chi connectivity index (χ4n) is 3.82. The van der Waals surface area contributed by atoms with Crippen molar-refractivity contribution in [3.8, 4) is 5.75 Å². The zero-order valence-electron chi connectivity index (χ0n) is 16.8. The molecular formula is C21H30N4OS. The van der Waals surface area contributed by atoms with Crippen LogP contribution in [0, 0.1) is 13.8 Å². The molecule has 0 saturated heterocycles. The van der Waals surface area contributed by atoms with Gasteiger partial charge in [0.1, 0.15) is 10.8 Å². The van der Waals surface area contributed by atoms with Crippen LogP contribution in [0.5, 0.6) is 5.75 Å². The molecule has 0 atom stereocenters. The fraction of sp³-hybridized carbons (Fsp3) is 0.524. The molecule has 5 nitrogen and oxygen atoms in total. The van der Waals surface area contributed by atoms with Crippen LogP contribution in [0.4, 0.5) is 0 Å². The molecule has 1 heterocycles. The Morgan fingerprint density at radius 1 is 1.26 bits per heavy atom. The number of guanidine groups is 1. The molecule has 1 aliphatic carbocycles. The maximum absolute atomic E-state index is 5.44. The molecule has 1 fully saturated rings. The van der Waals surface area contributed by atoms with Crippen molar-refractivity contribution >= 4 is 17.3 Å². The van der Waals surface area contributed by atoms with E-state index < -0.39 is 0 Å². The summed E-state index contributed by atoms with van der Waals surface area (Å²) in [7, 11) is 3.55. The number of hydrogen-bond donors (Lipinski definition) is 2. The van der Waals surface area contributed by atoms with Crippen LogP contribution in [0.25, 0.3) is 0 Å². The number of benzene rings is 1. The van der Waals surface area contributed by atoms with E-state index in [4.69, 9.17) is 4.74 Å². The monoisotopic (exact) mass is 386 g/mol. The number of aliphatic imine (C=N–C) groups is 1. The second kappa shape index (κ2) is 8.74. The quantitative estimate of drug-likeness (QED) is 0.583. The minimum atomic E-state index is 0.139. The molecule has 0 amide bonds. The standard InChI is InChI=1S/C21H30N4OS/c1-15-16(2)27-19(25-15)13-23-20(22-3)24-14-21(10-5-6-11-21)17-8-7-9-18(12-17)26-4/h7-9,12H,5-6,10-11,13-14H2,1-4H3,(H2,22,23,24). The predicted molar refractivity (Wildman–Crippen MR) is 113 cm³/mol. The van der Waals surface area contributed by atoms with Crippen molar-refractivity contribution in [3.63, 3.8) is 0 Å². The predicted octanol–water partition coefficient (Wildman–Crippen LogP) is 3.95. The van der Waals surface area contributed by atoms with Gasteiger partial charge in [-0.25, -0.2) is 4.98 Å². The number of nitrogens with one attached hydrogen (secondary N) is 2. The van der Waals surface area contributed by atoms with E-state index in [1.807, 2.05) is 13.1 Å². The van der Waals surface area contributed by atoms with Gasteiger partial charge in [-0.2, -0.15) is 0 Å². The summed E-state index contributed by atoms with van der Waals surface area (Å²) < 4.78 is 5.44. The molecule has 0 bridgehead atoms. The highest BCUT2D eigenvalue weighted by molar-refractivity contribution is 7.11. The Kier molecular flexibility index (Phi) is 6.37. The highest BCUT2D eigenvalue weighted by Crippen LogP contribution is 2.41. The Morgan fingerprint density at radius 3 is 2.67 bits per heavy atom. The number of aryl methyl sites for hydroxylation is 2. The topological polar surface area (TPSA) is 58.5 Å². The van der Waals surface area contributed by atoms with Crippen LogP contribution in [0.2, 0.25) is 0 Å². The minimum absolute atomic E-state index is 0.139. The molecule has 0 aliphatic heterocycles. The van der Waals surface area contributed by atoms with E-state index in [1.165, 1.54) is 36.1 Å². The smallest absolute Gasteiger partial charge is 0.191 e. The second-order valence-corrected chi connectivity index (χ2v) is 8.54. The molecule has 1 aliphatic rings. The molecule has 1 aromatic heterocycles. The van der Waals surface area contributed by atoms with E-state index in [0.717, 1.165) is 29.0 Å². The van der Waals surface area contributed by atoms with Gasteiger partial charge in [-0.05, 0) is 44.4 Å². The molecule has 0 radical (unpaired) electrons. The molecular weight excluding hydrogens is 356 g/mol. The van der Waals surface area contributed by atoms with E-state index in [2.05, 4.69) is 52.7 Å². The Hall–Kier alpha value is -2.08. The highest BCUT2D eigenvalue weighted by atomic mass is 32.1. The maximum Gasteiger partial charge on any atom is 0.191 e. The highest BCUT2D eigenvalue weighted by Gasteiger charge is 2.36. The average molecular weight is 387 g/mol. The van der Waals surface area contributed by atoms with Gasteiger partial charge in [-0.3, -0.25) is 4.99 Å². The fourth-order valence-corrected chi connectivity index (χ4v) is 4.69. The Bertz CT molecular complexity index is 774. The van der Waals surface area contributed by atoms with Gasteiger partial charge >= 0.3 is 0 Å². The number of ether oxygens (including phenoxy) is 1. The molecule has 0 unspecified atom stereocenters. The number of nitrogens with zero attached hydrogens (tertiary/aromatic N) is 2. The summed E-state index contributed by atoms with van der Waals surface area (Å²) >= 11 is 1.74. The van der Waals surface area contributed by atoms with E-state index >= 15 is 0 Å². The van der Waals surface area contributed by atoms with E-state index in [9.17, 15) is 0 Å². The number of aromatic nitrogens is 1. The molecule has 0 spiro atoms. The van der Waals surface area contributed by atoms with Gasteiger partial charge in [-0.1, -0.05) is 25.0 Å². The number of methoxy groups -OCH3 is 1. The average Bonchev–Trinajstić information content (AvgIpc) is 3.29. The summed E-state index contributed by atoms with van der Waals surface area (Å²) in [4.78, 5) is 10.3. The van der Waals surface area contributed by atoms with Crippen LogP contribution < -0.4 is 15.4 Å². The lowest BCUT2D eigenvalue weighted by molar-refractivity contribution is 0.404. The first-order chi connectivity index (χ1) is 13.1. The van der Waals surface area contributed by atoms with Crippen LogP contribution in [-0.2, 0) is 12.0 Å². The molecule has 3 rings (SSSR count). The van der Waals surface area contributed by atoms with E-state index in [1.54, 1.807) is 18.4 Å². The van der Waals surface area contributed by atoms with Gasteiger partial charge in [-0.15, -0.1) is 11.3 Å². The van der Waals surface area contributed by atoms with Crippen LogP contribution in [0.1, 0.15) is 46.8 Å². The molecule has 1 aromatic carbocycles. The third-order valence-electron chi connectivity index (χ3n) is 5.54. The maximum atomic E-state index is 5.44. The lowest BCUT2D eigenvalue weighted by atomic mass is 9.78. The van der Waals surface area contributed by atoms with Gasteiger partial charge in [0.2, 0.25) is 0 Å². The molecule has 146 valence electrons. The van der Waals surface area contributed by atoms with Crippen molar-refractivity contribution in [2.75, 3.05) is 20.7 Å². The van der Waals surface area contributed by atoms with Crippen molar-refractivity contribution in [2.24, 2.45) is 4.99 Å². The first-order valence-electron chi connectivity index (χ1n) is 9.58. The summed E-state index contributed by atoms with van der Waals surface area (Å²) in [5.74, 6) is 1.76. The SMILES string of the molecule is CN=C(NCc1nc(C)c(C)s1)NCC1(c2cccc(OC)c2)CCCC1. The Balaban J connectivity index is 1.65. The Morgan fingerprint density at radius 2 is 2.04 bits per heavy atom. The summed E-state index contributed by atoms with van der Waals surface area (Å²) in [5.41, 5.74) is 2.61. The molecule has 6 heteroatoms. The Labute approximate surface area is 166 Å². The summed E-state index contributed by atoms with van der Waals surface area (Å²) in [6.07, 6.45) is 4.91. The molecule has 2 N–H and O–H groups in total. The van der Waals surface area contributed by atoms with Crippen LogP contribution in [0.3, 0.4) is 0 Å². The summed E-state index contributed by atoms with van der Waals surface area (Å²) in [5, 5.41) is 8.05. The summed E-state index contributed by atoms with van der Waals surface area (Å²) in [6.45, 7) is 5.74. The van der Waals surface area contributed by atoms with Crippen LogP contribution >= 0.6 is 11.3 Å². The normalized spacial score (nSPS) is 16.4. The lowest BCUT2D eigenvalue weighted by Gasteiger charge is -2.31. The van der Waals surface area contributed by atoms with Gasteiger partial charge in [0.05, 0.1) is 19.3 Å². The third-order valence-corrected chi connectivity index (χ3v) is 6.61. The first kappa shape index (κ1) is 19.7. The van der Waals surface area contributed by atoms with E-state index in [0.29, 0.717) is 6.54 Å². The largest absolute Gasteiger partial charge is 0.497 e. The number of rotatable bonds is 6. The van der Waals surface area contributed by atoms with E-state index in [-0.39, 0.29) is 5.41 Å². The molecule has 2 aromatic rings. The van der Waals surface area contributed by atoms with Gasteiger partial charge in [0.15, 0.2) is 5.96 Å². The van der Waals surface area contributed by atoms with Crippen LogP contribution in [-0.4, -0.2) is 31.6 Å². The van der Waals surface area contributed by atoms with Crippen molar-refractivity contribution < 1.29 is 4.74 Å². The summed E-state index contributed by atoms with van der Waals surface area (Å²) in [6, 6.07) is 8.52.